The second-order valence-electron chi connectivity index (χ2n) is 21.4. The van der Waals surface area contributed by atoms with E-state index in [9.17, 15) is 38.4 Å². The van der Waals surface area contributed by atoms with E-state index in [1.807, 2.05) is 20.8 Å². The number of halogens is 1. The van der Waals surface area contributed by atoms with Gasteiger partial charge >= 0.3 is 18.0 Å². The lowest BCUT2D eigenvalue weighted by Gasteiger charge is -2.35. The molecule has 1 unspecified atom stereocenters. The molecule has 18 nitrogen and oxygen atoms in total. The van der Waals surface area contributed by atoms with E-state index in [0.29, 0.717) is 48.5 Å². The highest BCUT2D eigenvalue weighted by molar-refractivity contribution is 6.30. The number of cyclic esters (lactones) is 2. The SMILES string of the molecule is C/C=C(\C)[C@H]1OC(=O)C(C)(C)NC(=O)[C@H](C(C)CC)NC(=O)CN(C)C(=O)[C@@H](Cc2ccc(Cl)cc2)N(C)C(=O)[C@H](C)NC[C@@H](CC(C)C)OC(=O)/C(C)=C/C[C@H](OC(=O)N(C)CCCCCCN(C)C(C)=O)[C@@H]1C. The Labute approximate surface area is 452 Å². The number of ether oxygens (including phenoxy) is 3. The molecule has 8 atom stereocenters. The summed E-state index contributed by atoms with van der Waals surface area (Å²) in [5.74, 6) is -4.69. The number of unbranched alkanes of at least 4 members (excludes halogenated alkanes) is 3. The Morgan fingerprint density at radius 2 is 1.52 bits per heavy atom. The number of amides is 6. The van der Waals surface area contributed by atoms with Crippen LogP contribution in [0.1, 0.15) is 134 Å². The van der Waals surface area contributed by atoms with Crippen molar-refractivity contribution in [2.75, 3.05) is 54.4 Å². The van der Waals surface area contributed by atoms with Crippen molar-refractivity contribution < 1.29 is 52.6 Å². The van der Waals surface area contributed by atoms with Crippen LogP contribution in [0.4, 0.5) is 4.79 Å². The zero-order chi connectivity index (χ0) is 56.9. The average molecular weight is 1070 g/mol. The third-order valence-corrected chi connectivity index (χ3v) is 14.3. The molecule has 1 aromatic carbocycles. The van der Waals surface area contributed by atoms with Crippen LogP contribution in [0.5, 0.6) is 0 Å². The van der Waals surface area contributed by atoms with Crippen molar-refractivity contribution in [3.8, 4) is 0 Å². The Hall–Kier alpha value is -5.49. The molecule has 3 N–H and O–H groups in total. The molecule has 0 spiro atoms. The molecule has 2 rings (SSSR count). The van der Waals surface area contributed by atoms with Crippen LogP contribution in [0.25, 0.3) is 0 Å². The number of nitrogens with one attached hydrogen (secondary N) is 3. The molecule has 0 fully saturated rings. The smallest absolute Gasteiger partial charge is 0.409 e. The van der Waals surface area contributed by atoms with E-state index in [1.54, 1.807) is 97.0 Å². The molecule has 0 saturated heterocycles. The van der Waals surface area contributed by atoms with Crippen LogP contribution in [0.3, 0.4) is 0 Å². The second-order valence-corrected chi connectivity index (χ2v) is 21.8. The topological polar surface area (TPSA) is 213 Å². The number of esters is 2. The van der Waals surface area contributed by atoms with Gasteiger partial charge in [-0.2, -0.15) is 0 Å². The summed E-state index contributed by atoms with van der Waals surface area (Å²) in [5, 5.41) is 9.29. The molecule has 1 aliphatic rings. The minimum absolute atomic E-state index is 0.00407. The number of nitrogens with zero attached hydrogens (tertiary/aromatic N) is 4. The fraction of sp³-hybridized carbons (Fsp3) is 0.679. The van der Waals surface area contributed by atoms with Crippen LogP contribution in [0, 0.1) is 17.8 Å². The normalized spacial score (nSPS) is 24.8. The molecule has 0 aliphatic carbocycles. The minimum atomic E-state index is -1.64. The highest BCUT2D eigenvalue weighted by Crippen LogP contribution is 2.28. The van der Waals surface area contributed by atoms with Crippen molar-refractivity contribution in [1.29, 1.82) is 0 Å². The number of rotatable bonds is 15. The lowest BCUT2D eigenvalue weighted by molar-refractivity contribution is -0.160. The van der Waals surface area contributed by atoms with Crippen molar-refractivity contribution >= 4 is 59.2 Å². The number of likely N-dealkylation sites (N-methyl/N-ethyl adjacent to an activating group) is 2. The van der Waals surface area contributed by atoms with Crippen LogP contribution < -0.4 is 16.0 Å². The molecule has 75 heavy (non-hydrogen) atoms. The van der Waals surface area contributed by atoms with Gasteiger partial charge in [0.25, 0.3) is 0 Å². The summed E-state index contributed by atoms with van der Waals surface area (Å²) in [6.45, 7) is 21.4. The van der Waals surface area contributed by atoms with Gasteiger partial charge in [0.2, 0.25) is 29.5 Å². The van der Waals surface area contributed by atoms with Crippen molar-refractivity contribution in [1.82, 2.24) is 35.6 Å². The monoisotopic (exact) mass is 1070 g/mol. The summed E-state index contributed by atoms with van der Waals surface area (Å²) in [5.41, 5.74) is -0.0551. The van der Waals surface area contributed by atoms with Gasteiger partial charge in [-0.3, -0.25) is 24.0 Å². The average Bonchev–Trinajstić information content (AvgIpc) is 3.35. The predicted octanol–water partition coefficient (Wildman–Crippen LogP) is 6.87. The molecule has 0 radical (unpaired) electrons. The molecule has 422 valence electrons. The van der Waals surface area contributed by atoms with Gasteiger partial charge in [-0.15, -0.1) is 0 Å². The zero-order valence-electron chi connectivity index (χ0n) is 47.8. The van der Waals surface area contributed by atoms with Gasteiger partial charge in [-0.25, -0.2) is 14.4 Å². The third-order valence-electron chi connectivity index (χ3n) is 14.0. The van der Waals surface area contributed by atoms with Gasteiger partial charge in [0.1, 0.15) is 35.9 Å². The van der Waals surface area contributed by atoms with Crippen molar-refractivity contribution in [2.24, 2.45) is 17.8 Å². The van der Waals surface area contributed by atoms with Gasteiger partial charge in [-0.05, 0) is 95.9 Å². The Bertz CT molecular complexity index is 2150. The Balaban J connectivity index is 2.68. The summed E-state index contributed by atoms with van der Waals surface area (Å²) in [6, 6.07) is 3.84. The molecule has 0 aromatic heterocycles. The maximum absolute atomic E-state index is 14.4. The fourth-order valence-electron chi connectivity index (χ4n) is 8.44. The number of hydrogen-bond donors (Lipinski definition) is 3. The Morgan fingerprint density at radius 3 is 2.08 bits per heavy atom. The van der Waals surface area contributed by atoms with E-state index < -0.39 is 102 Å². The van der Waals surface area contributed by atoms with Crippen LogP contribution >= 0.6 is 11.6 Å². The summed E-state index contributed by atoms with van der Waals surface area (Å²) in [6.07, 6.45) is 4.48. The maximum Gasteiger partial charge on any atom is 0.409 e. The first kappa shape index (κ1) is 65.6. The number of carbonyl (C=O) groups excluding carboxylic acids is 8. The summed E-state index contributed by atoms with van der Waals surface area (Å²) >= 11 is 6.18. The molecule has 0 bridgehead atoms. The van der Waals surface area contributed by atoms with E-state index in [2.05, 4.69) is 16.0 Å². The number of allylic oxidation sites excluding steroid dienone is 1. The Morgan fingerprint density at radius 1 is 0.920 bits per heavy atom. The molecular weight excluding hydrogens is 982 g/mol. The third kappa shape index (κ3) is 21.6. The quantitative estimate of drug-likeness (QED) is 0.0711. The van der Waals surface area contributed by atoms with E-state index in [1.165, 1.54) is 49.6 Å². The number of benzene rings is 1. The summed E-state index contributed by atoms with van der Waals surface area (Å²) < 4.78 is 18.6. The highest BCUT2D eigenvalue weighted by atomic mass is 35.5. The van der Waals surface area contributed by atoms with E-state index in [4.69, 9.17) is 25.8 Å². The summed E-state index contributed by atoms with van der Waals surface area (Å²) in [7, 11) is 6.37. The minimum Gasteiger partial charge on any atom is -0.458 e. The van der Waals surface area contributed by atoms with E-state index in [0.717, 1.165) is 19.3 Å². The number of carbonyl (C=O) groups is 8. The van der Waals surface area contributed by atoms with Gasteiger partial charge in [0.15, 0.2) is 0 Å². The lowest BCUT2D eigenvalue weighted by atomic mass is 9.90. The van der Waals surface area contributed by atoms with E-state index in [-0.39, 0.29) is 36.8 Å². The van der Waals surface area contributed by atoms with Crippen molar-refractivity contribution in [3.63, 3.8) is 0 Å². The van der Waals surface area contributed by atoms with Gasteiger partial charge in [0.05, 0.1) is 12.6 Å². The Kier molecular flexibility index (Phi) is 27.6. The zero-order valence-corrected chi connectivity index (χ0v) is 48.6. The summed E-state index contributed by atoms with van der Waals surface area (Å²) in [4.78, 5) is 116. The van der Waals surface area contributed by atoms with Crippen LogP contribution in [-0.2, 0) is 54.2 Å². The second kappa shape index (κ2) is 31.5. The predicted molar refractivity (Wildman–Crippen MR) is 291 cm³/mol. The fourth-order valence-corrected chi connectivity index (χ4v) is 8.57. The van der Waals surface area contributed by atoms with E-state index >= 15 is 0 Å². The van der Waals surface area contributed by atoms with Crippen molar-refractivity contribution in [3.05, 3.63) is 58.1 Å². The standard InChI is InChI=1S/C56H90ClN7O11/c1-17-36(5)48-50(67)60-56(11,12)54(71)75-49(37(6)18-2)39(8)46(74-55(72)62(14)30-22-20-19-21-29-61(13)41(10)65)28-23-38(7)53(70)73-44(31-35(3)4)33-58-40(9)51(68)64(16)45(32-42-24-26-43(57)27-25-42)52(69)63(15)34-47(66)59-48/h18,23-27,35-36,39-40,44-46,48-49,58H,17,19-22,28-34H2,1-16H3,(H,59,66)(H,60,67)/b37-18+,38-23+/t36?,39-,40-,44+,45+,46-,48-,49+/m0/s1. The molecule has 1 aromatic rings. The molecule has 1 aliphatic heterocycles. The van der Waals surface area contributed by atoms with Crippen LogP contribution in [0.2, 0.25) is 5.02 Å². The van der Waals surface area contributed by atoms with Crippen molar-refractivity contribution in [2.45, 2.75) is 176 Å². The molecule has 6 amide bonds. The molecule has 0 saturated carbocycles. The van der Waals surface area contributed by atoms with Gasteiger partial charge in [0, 0.05) is 84.1 Å². The molecular formula is C56H90ClN7O11. The van der Waals surface area contributed by atoms with Crippen LogP contribution in [0.15, 0.2) is 47.6 Å². The van der Waals surface area contributed by atoms with Gasteiger partial charge < -0.3 is 49.8 Å². The lowest BCUT2D eigenvalue weighted by Crippen LogP contribution is -2.60. The highest BCUT2D eigenvalue weighted by Gasteiger charge is 2.41. The molecule has 1 heterocycles. The molecule has 19 heteroatoms. The largest absolute Gasteiger partial charge is 0.458 e. The maximum atomic E-state index is 14.4. The first-order valence-corrected chi connectivity index (χ1v) is 26.9. The van der Waals surface area contributed by atoms with Crippen LogP contribution in [-0.4, -0.2) is 164 Å². The first-order chi connectivity index (χ1) is 35.0. The first-order valence-electron chi connectivity index (χ1n) is 26.5. The number of hydrogen-bond acceptors (Lipinski definition) is 12. The van der Waals surface area contributed by atoms with Gasteiger partial charge in [-0.1, -0.05) is 89.8 Å².